The first-order chi connectivity index (χ1) is 10.5. The van der Waals surface area contributed by atoms with Crippen LogP contribution < -0.4 is 0 Å². The van der Waals surface area contributed by atoms with Gasteiger partial charge in [-0.3, -0.25) is 0 Å². The molecular weight excluding hydrogens is 339 g/mol. The average molecular weight is 347 g/mol. The zero-order chi connectivity index (χ0) is 16.3. The Morgan fingerprint density at radius 2 is 1.27 bits per heavy atom. The summed E-state index contributed by atoms with van der Waals surface area (Å²) in [5.41, 5.74) is -0.580. The lowest BCUT2D eigenvalue weighted by molar-refractivity contribution is -0.136. The number of hydrogen-bond acceptors (Lipinski definition) is 8. The average Bonchev–Trinajstić information content (AvgIpc) is 3.11. The Bertz CT molecular complexity index is 686. The van der Waals surface area contributed by atoms with Gasteiger partial charge in [-0.05, 0) is 0 Å². The molecule has 0 unspecified atom stereocenters. The fraction of sp³-hybridized carbons (Fsp3) is 0.167. The Balaban J connectivity index is 2.75. The molecule has 0 spiro atoms. The fourth-order valence-corrected chi connectivity index (χ4v) is 1.87. The number of carbonyl (C=O) groups is 2. The molecule has 2 aromatic heterocycles. The van der Waals surface area contributed by atoms with Gasteiger partial charge in [-0.25, -0.2) is 9.59 Å². The first-order valence-corrected chi connectivity index (χ1v) is 6.39. The van der Waals surface area contributed by atoms with Gasteiger partial charge in [0, 0.05) is 12.1 Å². The van der Waals surface area contributed by atoms with Crippen molar-refractivity contribution >= 4 is 46.3 Å². The number of esters is 2. The summed E-state index contributed by atoms with van der Waals surface area (Å²) < 4.78 is 19.1. The minimum Gasteiger partial charge on any atom is -0.465 e. The van der Waals surface area contributed by atoms with E-state index >= 15 is 0 Å². The van der Waals surface area contributed by atoms with E-state index in [0.717, 1.165) is 14.2 Å². The van der Waals surface area contributed by atoms with Crippen LogP contribution in [0, 0.1) is 0 Å². The maximum atomic E-state index is 12.0. The van der Waals surface area contributed by atoms with Crippen LogP contribution in [0.5, 0.6) is 0 Å². The van der Waals surface area contributed by atoms with E-state index in [1.165, 1.54) is 12.1 Å². The van der Waals surface area contributed by atoms with Crippen molar-refractivity contribution in [2.75, 3.05) is 14.2 Å². The second-order valence-corrected chi connectivity index (χ2v) is 4.54. The molecule has 0 atom stereocenters. The SMILES string of the molecule is COC(=O)C(=C(C(=O)OC)c1cc(Cl)no1)c1cc(Cl)no1. The maximum absolute atomic E-state index is 12.0. The van der Waals surface area contributed by atoms with E-state index in [0.29, 0.717) is 0 Å². The molecule has 116 valence electrons. The molecule has 0 bridgehead atoms. The van der Waals surface area contributed by atoms with Crippen LogP contribution in [-0.4, -0.2) is 36.5 Å². The molecule has 2 rings (SSSR count). The van der Waals surface area contributed by atoms with Crippen molar-refractivity contribution in [1.29, 1.82) is 0 Å². The molecule has 2 aromatic rings. The molecule has 0 aliphatic heterocycles. The highest BCUT2D eigenvalue weighted by Gasteiger charge is 2.31. The maximum Gasteiger partial charge on any atom is 0.342 e. The van der Waals surface area contributed by atoms with Crippen molar-refractivity contribution in [3.05, 3.63) is 34.0 Å². The van der Waals surface area contributed by atoms with Crippen molar-refractivity contribution in [3.63, 3.8) is 0 Å². The molecule has 0 fully saturated rings. The molecule has 0 aromatic carbocycles. The Labute approximate surface area is 133 Å². The quantitative estimate of drug-likeness (QED) is 0.612. The topological polar surface area (TPSA) is 105 Å². The second kappa shape index (κ2) is 6.63. The number of rotatable bonds is 4. The van der Waals surface area contributed by atoms with Crippen LogP contribution in [0.15, 0.2) is 21.2 Å². The van der Waals surface area contributed by atoms with Crippen LogP contribution in [-0.2, 0) is 19.1 Å². The molecule has 0 saturated heterocycles. The zero-order valence-corrected chi connectivity index (χ0v) is 12.8. The van der Waals surface area contributed by atoms with Crippen LogP contribution in [0.25, 0.3) is 11.1 Å². The summed E-state index contributed by atoms with van der Waals surface area (Å²) in [4.78, 5) is 24.1. The first kappa shape index (κ1) is 16.1. The summed E-state index contributed by atoms with van der Waals surface area (Å²) in [6.45, 7) is 0. The zero-order valence-electron chi connectivity index (χ0n) is 11.3. The third-order valence-electron chi connectivity index (χ3n) is 2.48. The van der Waals surface area contributed by atoms with E-state index in [2.05, 4.69) is 19.8 Å². The minimum absolute atomic E-state index is 0.0174. The Hall–Kier alpha value is -2.32. The van der Waals surface area contributed by atoms with Crippen LogP contribution in [0.1, 0.15) is 11.5 Å². The van der Waals surface area contributed by atoms with Crippen molar-refractivity contribution < 1.29 is 28.1 Å². The number of halogens is 2. The molecule has 0 saturated carbocycles. The fourth-order valence-electron chi connectivity index (χ4n) is 1.60. The van der Waals surface area contributed by atoms with Gasteiger partial charge in [0.15, 0.2) is 21.8 Å². The van der Waals surface area contributed by atoms with Gasteiger partial charge in [-0.2, -0.15) is 0 Å². The molecule has 0 aliphatic rings. The lowest BCUT2D eigenvalue weighted by Gasteiger charge is -2.07. The predicted molar refractivity (Wildman–Crippen MR) is 73.9 cm³/mol. The van der Waals surface area contributed by atoms with Crippen LogP contribution in [0.3, 0.4) is 0 Å². The number of nitrogens with zero attached hydrogens (tertiary/aromatic N) is 2. The number of carbonyl (C=O) groups excluding carboxylic acids is 2. The van der Waals surface area contributed by atoms with E-state index in [1.54, 1.807) is 0 Å². The number of methoxy groups -OCH3 is 2. The highest BCUT2D eigenvalue weighted by molar-refractivity contribution is 6.37. The smallest absolute Gasteiger partial charge is 0.342 e. The molecular formula is C12H8Cl2N2O6. The lowest BCUT2D eigenvalue weighted by Crippen LogP contribution is -2.12. The monoisotopic (exact) mass is 346 g/mol. The van der Waals surface area contributed by atoms with Crippen molar-refractivity contribution in [3.8, 4) is 0 Å². The summed E-state index contributed by atoms with van der Waals surface area (Å²) in [6, 6.07) is 2.46. The Morgan fingerprint density at radius 1 is 0.909 bits per heavy atom. The molecule has 22 heavy (non-hydrogen) atoms. The predicted octanol–water partition coefficient (Wildman–Crippen LogP) is 2.23. The van der Waals surface area contributed by atoms with Crippen LogP contribution in [0.2, 0.25) is 10.3 Å². The van der Waals surface area contributed by atoms with Gasteiger partial charge in [-0.1, -0.05) is 33.5 Å². The summed E-state index contributed by atoms with van der Waals surface area (Å²) in [5, 5.41) is 6.85. The summed E-state index contributed by atoms with van der Waals surface area (Å²) >= 11 is 11.3. The third kappa shape index (κ3) is 3.12. The third-order valence-corrected chi connectivity index (χ3v) is 2.84. The van der Waals surface area contributed by atoms with E-state index in [1.807, 2.05) is 0 Å². The molecule has 0 N–H and O–H groups in total. The van der Waals surface area contributed by atoms with Gasteiger partial charge in [0.05, 0.1) is 14.2 Å². The van der Waals surface area contributed by atoms with Crippen molar-refractivity contribution in [1.82, 2.24) is 10.3 Å². The van der Waals surface area contributed by atoms with E-state index in [-0.39, 0.29) is 33.0 Å². The summed E-state index contributed by atoms with van der Waals surface area (Å²) in [6.07, 6.45) is 0. The first-order valence-electron chi connectivity index (χ1n) is 5.64. The second-order valence-electron chi connectivity index (χ2n) is 3.76. The number of ether oxygens (including phenoxy) is 2. The molecule has 0 radical (unpaired) electrons. The van der Waals surface area contributed by atoms with E-state index in [4.69, 9.17) is 32.2 Å². The Kier molecular flexibility index (Phi) is 4.84. The van der Waals surface area contributed by atoms with E-state index in [9.17, 15) is 9.59 Å². The lowest BCUT2D eigenvalue weighted by atomic mass is 10.0. The molecule has 2 heterocycles. The van der Waals surface area contributed by atoms with Crippen molar-refractivity contribution in [2.45, 2.75) is 0 Å². The van der Waals surface area contributed by atoms with Crippen LogP contribution in [0.4, 0.5) is 0 Å². The van der Waals surface area contributed by atoms with Gasteiger partial charge in [0.1, 0.15) is 11.1 Å². The number of hydrogen-bond donors (Lipinski definition) is 0. The summed E-state index contributed by atoms with van der Waals surface area (Å²) in [7, 11) is 2.26. The normalized spacial score (nSPS) is 11.8. The highest BCUT2D eigenvalue weighted by atomic mass is 35.5. The van der Waals surface area contributed by atoms with Crippen molar-refractivity contribution in [2.24, 2.45) is 0 Å². The van der Waals surface area contributed by atoms with Gasteiger partial charge < -0.3 is 18.5 Å². The van der Waals surface area contributed by atoms with Gasteiger partial charge >= 0.3 is 11.9 Å². The standard InChI is InChI=1S/C12H8Cl2N2O6/c1-19-11(17)9(5-3-7(13)15-21-5)10(12(18)20-2)6-4-8(14)16-22-6/h3-4H,1-2H3. The summed E-state index contributed by atoms with van der Waals surface area (Å²) in [5.74, 6) is -1.99. The molecule has 0 amide bonds. The molecule has 0 aliphatic carbocycles. The van der Waals surface area contributed by atoms with E-state index < -0.39 is 11.9 Å². The van der Waals surface area contributed by atoms with Gasteiger partial charge in [0.25, 0.3) is 0 Å². The number of aromatic nitrogens is 2. The molecule has 10 heteroatoms. The van der Waals surface area contributed by atoms with Gasteiger partial charge in [-0.15, -0.1) is 0 Å². The Morgan fingerprint density at radius 3 is 1.50 bits per heavy atom. The van der Waals surface area contributed by atoms with Crippen LogP contribution >= 0.6 is 23.2 Å². The highest BCUT2D eigenvalue weighted by Crippen LogP contribution is 2.31. The van der Waals surface area contributed by atoms with Gasteiger partial charge in [0.2, 0.25) is 0 Å². The molecule has 8 nitrogen and oxygen atoms in total. The largest absolute Gasteiger partial charge is 0.465 e. The minimum atomic E-state index is -0.888.